The molecule has 0 saturated heterocycles. The minimum absolute atomic E-state index is 0.245. The molecule has 0 amide bonds. The van der Waals surface area contributed by atoms with Gasteiger partial charge in [-0.25, -0.2) is 4.98 Å². The maximum Gasteiger partial charge on any atom is 0.137 e. The highest BCUT2D eigenvalue weighted by Crippen LogP contribution is 2.16. The number of pyridine rings is 1. The Labute approximate surface area is 99.5 Å². The van der Waals surface area contributed by atoms with E-state index >= 15 is 0 Å². The maximum absolute atomic E-state index is 9.21. The molecule has 3 nitrogen and oxygen atoms in total. The number of aliphatic hydroxyl groups is 1. The predicted octanol–water partition coefficient (Wildman–Crippen LogP) is 2.26. The maximum atomic E-state index is 9.21. The molecule has 1 atom stereocenters. The van der Waals surface area contributed by atoms with Crippen molar-refractivity contribution < 1.29 is 5.11 Å². The van der Waals surface area contributed by atoms with Crippen LogP contribution < -0.4 is 0 Å². The Morgan fingerprint density at radius 1 is 1.50 bits per heavy atom. The summed E-state index contributed by atoms with van der Waals surface area (Å²) in [6, 6.07) is 6.11. The summed E-state index contributed by atoms with van der Waals surface area (Å²) < 4.78 is 2.16. The van der Waals surface area contributed by atoms with Crippen molar-refractivity contribution in [2.24, 2.45) is 0 Å². The summed E-state index contributed by atoms with van der Waals surface area (Å²) >= 11 is 1.73. The van der Waals surface area contributed by atoms with Gasteiger partial charge in [0.1, 0.15) is 5.65 Å². The Balaban J connectivity index is 2.18. The number of hydrogen-bond acceptors (Lipinski definition) is 3. The smallest absolute Gasteiger partial charge is 0.137 e. The zero-order chi connectivity index (χ0) is 11.5. The van der Waals surface area contributed by atoms with Crippen LogP contribution in [0, 0.1) is 6.92 Å². The Hall–Kier alpha value is -1.00. The van der Waals surface area contributed by atoms with Crippen LogP contribution in [0.3, 0.4) is 0 Å². The number of nitrogens with zero attached hydrogens (tertiary/aromatic N) is 2. The van der Waals surface area contributed by atoms with Crippen molar-refractivity contribution in [3.05, 3.63) is 35.8 Å². The van der Waals surface area contributed by atoms with Gasteiger partial charge in [0.25, 0.3) is 0 Å². The third kappa shape index (κ3) is 2.39. The SMILES string of the molecule is Cc1cccc2ncc(CSCC(C)O)n12. The van der Waals surface area contributed by atoms with Gasteiger partial charge in [0.05, 0.1) is 18.0 Å². The number of rotatable bonds is 4. The van der Waals surface area contributed by atoms with Gasteiger partial charge in [0.2, 0.25) is 0 Å². The van der Waals surface area contributed by atoms with E-state index in [2.05, 4.69) is 22.4 Å². The van der Waals surface area contributed by atoms with Gasteiger partial charge in [0, 0.05) is 17.2 Å². The fourth-order valence-electron chi connectivity index (χ4n) is 1.71. The summed E-state index contributed by atoms with van der Waals surface area (Å²) in [5, 5.41) is 9.21. The number of imidazole rings is 1. The van der Waals surface area contributed by atoms with Crippen molar-refractivity contribution in [1.29, 1.82) is 0 Å². The summed E-state index contributed by atoms with van der Waals surface area (Å²) in [7, 11) is 0. The molecular formula is C12H16N2OS. The van der Waals surface area contributed by atoms with E-state index < -0.39 is 0 Å². The molecule has 16 heavy (non-hydrogen) atoms. The van der Waals surface area contributed by atoms with Gasteiger partial charge in [-0.3, -0.25) is 0 Å². The molecule has 0 saturated carbocycles. The van der Waals surface area contributed by atoms with Crippen LogP contribution in [0.4, 0.5) is 0 Å². The van der Waals surface area contributed by atoms with E-state index in [-0.39, 0.29) is 6.10 Å². The molecule has 0 aromatic carbocycles. The van der Waals surface area contributed by atoms with Crippen LogP contribution in [0.1, 0.15) is 18.3 Å². The second-order valence-corrected chi connectivity index (χ2v) is 5.00. The van der Waals surface area contributed by atoms with Crippen molar-refractivity contribution in [1.82, 2.24) is 9.38 Å². The lowest BCUT2D eigenvalue weighted by Crippen LogP contribution is -2.03. The largest absolute Gasteiger partial charge is 0.393 e. The zero-order valence-electron chi connectivity index (χ0n) is 9.55. The lowest BCUT2D eigenvalue weighted by atomic mass is 10.3. The third-order valence-electron chi connectivity index (χ3n) is 2.41. The van der Waals surface area contributed by atoms with Crippen LogP contribution in [0.15, 0.2) is 24.4 Å². The van der Waals surface area contributed by atoms with Gasteiger partial charge >= 0.3 is 0 Å². The summed E-state index contributed by atoms with van der Waals surface area (Å²) in [6.07, 6.45) is 1.67. The molecular weight excluding hydrogens is 220 g/mol. The first-order valence-electron chi connectivity index (χ1n) is 5.36. The van der Waals surface area contributed by atoms with Gasteiger partial charge in [-0.2, -0.15) is 11.8 Å². The molecule has 0 spiro atoms. The number of aromatic nitrogens is 2. The van der Waals surface area contributed by atoms with E-state index in [0.717, 1.165) is 17.2 Å². The Morgan fingerprint density at radius 2 is 2.31 bits per heavy atom. The van der Waals surface area contributed by atoms with Gasteiger partial charge in [-0.05, 0) is 26.0 Å². The number of hydrogen-bond donors (Lipinski definition) is 1. The average Bonchev–Trinajstić information content (AvgIpc) is 2.62. The van der Waals surface area contributed by atoms with E-state index in [1.807, 2.05) is 25.3 Å². The number of aryl methyl sites for hydroxylation is 1. The average molecular weight is 236 g/mol. The van der Waals surface area contributed by atoms with Gasteiger partial charge in [0.15, 0.2) is 0 Å². The van der Waals surface area contributed by atoms with Crippen molar-refractivity contribution in [2.75, 3.05) is 5.75 Å². The highest BCUT2D eigenvalue weighted by molar-refractivity contribution is 7.98. The second kappa shape index (κ2) is 4.89. The summed E-state index contributed by atoms with van der Waals surface area (Å²) in [6.45, 7) is 3.89. The lowest BCUT2D eigenvalue weighted by Gasteiger charge is -2.06. The molecule has 2 aromatic heterocycles. The molecule has 1 unspecified atom stereocenters. The van der Waals surface area contributed by atoms with E-state index in [4.69, 9.17) is 0 Å². The van der Waals surface area contributed by atoms with Gasteiger partial charge in [-0.15, -0.1) is 0 Å². The van der Waals surface area contributed by atoms with E-state index in [1.54, 1.807) is 11.8 Å². The first-order chi connectivity index (χ1) is 7.68. The Bertz CT molecular complexity index is 479. The number of aliphatic hydroxyl groups excluding tert-OH is 1. The van der Waals surface area contributed by atoms with E-state index in [9.17, 15) is 5.11 Å². The van der Waals surface area contributed by atoms with Crippen molar-refractivity contribution in [3.8, 4) is 0 Å². The minimum Gasteiger partial charge on any atom is -0.393 e. The first-order valence-corrected chi connectivity index (χ1v) is 6.51. The predicted molar refractivity (Wildman–Crippen MR) is 67.8 cm³/mol. The number of thioether (sulfide) groups is 1. The molecule has 0 aliphatic carbocycles. The summed E-state index contributed by atoms with van der Waals surface area (Å²) in [4.78, 5) is 4.36. The number of fused-ring (bicyclic) bond motifs is 1. The molecule has 2 rings (SSSR count). The van der Waals surface area contributed by atoms with Crippen molar-refractivity contribution >= 4 is 17.4 Å². The highest BCUT2D eigenvalue weighted by Gasteiger charge is 2.05. The van der Waals surface area contributed by atoms with Crippen molar-refractivity contribution in [2.45, 2.75) is 25.7 Å². The van der Waals surface area contributed by atoms with E-state index in [1.165, 1.54) is 11.4 Å². The van der Waals surface area contributed by atoms with Gasteiger partial charge < -0.3 is 9.51 Å². The van der Waals surface area contributed by atoms with Crippen LogP contribution in [0.25, 0.3) is 5.65 Å². The Kier molecular flexibility index (Phi) is 3.51. The summed E-state index contributed by atoms with van der Waals surface area (Å²) in [5.41, 5.74) is 3.38. The molecule has 1 N–H and O–H groups in total. The standard InChI is InChI=1S/C12H16N2OS/c1-9-4-3-5-12-13-6-11(14(9)12)8-16-7-10(2)15/h3-6,10,15H,7-8H2,1-2H3. The minimum atomic E-state index is -0.245. The first kappa shape index (κ1) is 11.5. The molecule has 0 aliphatic rings. The van der Waals surface area contributed by atoms with Crippen LogP contribution >= 0.6 is 11.8 Å². The fourth-order valence-corrected chi connectivity index (χ4v) is 2.58. The quantitative estimate of drug-likeness (QED) is 0.884. The van der Waals surface area contributed by atoms with Gasteiger partial charge in [-0.1, -0.05) is 6.07 Å². The zero-order valence-corrected chi connectivity index (χ0v) is 10.4. The van der Waals surface area contributed by atoms with Crippen LogP contribution in [-0.4, -0.2) is 26.3 Å². The molecule has 0 bridgehead atoms. The topological polar surface area (TPSA) is 37.5 Å². The summed E-state index contributed by atoms with van der Waals surface area (Å²) in [5.74, 6) is 1.65. The molecule has 4 heteroatoms. The molecule has 0 aliphatic heterocycles. The molecule has 0 radical (unpaired) electrons. The Morgan fingerprint density at radius 3 is 3.06 bits per heavy atom. The second-order valence-electron chi connectivity index (χ2n) is 3.97. The third-order valence-corrected chi connectivity index (χ3v) is 3.62. The van der Waals surface area contributed by atoms with Crippen LogP contribution in [0.5, 0.6) is 0 Å². The fraction of sp³-hybridized carbons (Fsp3) is 0.417. The molecule has 0 fully saturated rings. The molecule has 2 aromatic rings. The molecule has 86 valence electrons. The lowest BCUT2D eigenvalue weighted by molar-refractivity contribution is 0.220. The molecule has 2 heterocycles. The van der Waals surface area contributed by atoms with Crippen LogP contribution in [-0.2, 0) is 5.75 Å². The monoisotopic (exact) mass is 236 g/mol. The highest BCUT2D eigenvalue weighted by atomic mass is 32.2. The van der Waals surface area contributed by atoms with Crippen molar-refractivity contribution in [3.63, 3.8) is 0 Å². The van der Waals surface area contributed by atoms with E-state index in [0.29, 0.717) is 0 Å². The van der Waals surface area contributed by atoms with Crippen LogP contribution in [0.2, 0.25) is 0 Å². The normalized spacial score (nSPS) is 13.2.